The van der Waals surface area contributed by atoms with Gasteiger partial charge in [0, 0.05) is 17.8 Å². The molecule has 0 bridgehead atoms. The SMILES string of the molecule is COC(=O)[C@@H]1C[C@H]1c1ccccn1. The number of ether oxygens (including phenoxy) is 1. The number of nitrogens with zero attached hydrogens (tertiary/aromatic N) is 1. The van der Waals surface area contributed by atoms with Gasteiger partial charge < -0.3 is 4.74 Å². The summed E-state index contributed by atoms with van der Waals surface area (Å²) in [6.45, 7) is 0. The molecule has 0 aromatic carbocycles. The standard InChI is InChI=1S/C10H11NO2/c1-13-10(12)8-6-7(8)9-4-2-3-5-11-9/h2-5,7-8H,6H2,1H3/t7-,8-/m1/s1. The van der Waals surface area contributed by atoms with Crippen LogP contribution in [0.5, 0.6) is 0 Å². The van der Waals surface area contributed by atoms with Crippen LogP contribution in [-0.4, -0.2) is 18.1 Å². The Morgan fingerprint density at radius 1 is 1.62 bits per heavy atom. The van der Waals surface area contributed by atoms with Crippen molar-refractivity contribution in [1.29, 1.82) is 0 Å². The van der Waals surface area contributed by atoms with Crippen molar-refractivity contribution in [2.45, 2.75) is 12.3 Å². The van der Waals surface area contributed by atoms with Crippen molar-refractivity contribution in [2.75, 3.05) is 7.11 Å². The molecule has 13 heavy (non-hydrogen) atoms. The number of esters is 1. The van der Waals surface area contributed by atoms with E-state index in [0.29, 0.717) is 0 Å². The number of carbonyl (C=O) groups excluding carboxylic acids is 1. The first-order chi connectivity index (χ1) is 6.33. The second-order valence-electron chi connectivity index (χ2n) is 3.23. The largest absolute Gasteiger partial charge is 0.469 e. The zero-order valence-electron chi connectivity index (χ0n) is 7.43. The Bertz CT molecular complexity index is 310. The quantitative estimate of drug-likeness (QED) is 0.640. The third-order valence-corrected chi connectivity index (χ3v) is 2.36. The van der Waals surface area contributed by atoms with E-state index in [0.717, 1.165) is 12.1 Å². The van der Waals surface area contributed by atoms with E-state index in [9.17, 15) is 4.79 Å². The second kappa shape index (κ2) is 3.17. The topological polar surface area (TPSA) is 39.2 Å². The number of carbonyl (C=O) groups is 1. The van der Waals surface area contributed by atoms with E-state index in [-0.39, 0.29) is 17.8 Å². The molecule has 2 atom stereocenters. The fraction of sp³-hybridized carbons (Fsp3) is 0.400. The van der Waals surface area contributed by atoms with Gasteiger partial charge in [0.05, 0.1) is 13.0 Å². The predicted molar refractivity (Wildman–Crippen MR) is 47.1 cm³/mol. The number of hydrogen-bond acceptors (Lipinski definition) is 3. The molecule has 3 heteroatoms. The van der Waals surface area contributed by atoms with Crippen LogP contribution in [-0.2, 0) is 9.53 Å². The normalized spacial score (nSPS) is 25.3. The molecule has 0 spiro atoms. The average molecular weight is 177 g/mol. The molecule has 3 nitrogen and oxygen atoms in total. The van der Waals surface area contributed by atoms with Crippen LogP contribution < -0.4 is 0 Å². The molecule has 68 valence electrons. The van der Waals surface area contributed by atoms with Crippen LogP contribution in [0.15, 0.2) is 24.4 Å². The fourth-order valence-corrected chi connectivity index (χ4v) is 1.53. The first kappa shape index (κ1) is 8.23. The van der Waals surface area contributed by atoms with Crippen LogP contribution in [0.25, 0.3) is 0 Å². The zero-order chi connectivity index (χ0) is 9.26. The van der Waals surface area contributed by atoms with Crippen LogP contribution in [0, 0.1) is 5.92 Å². The van der Waals surface area contributed by atoms with Gasteiger partial charge in [0.1, 0.15) is 0 Å². The minimum atomic E-state index is -0.115. The van der Waals surface area contributed by atoms with Crippen LogP contribution in [0.1, 0.15) is 18.0 Å². The second-order valence-corrected chi connectivity index (χ2v) is 3.23. The lowest BCUT2D eigenvalue weighted by Crippen LogP contribution is -2.04. The smallest absolute Gasteiger partial charge is 0.309 e. The van der Waals surface area contributed by atoms with Gasteiger partial charge >= 0.3 is 5.97 Å². The molecular weight excluding hydrogens is 166 g/mol. The summed E-state index contributed by atoms with van der Waals surface area (Å²) in [5.41, 5.74) is 0.998. The maximum Gasteiger partial charge on any atom is 0.309 e. The van der Waals surface area contributed by atoms with Gasteiger partial charge in [-0.15, -0.1) is 0 Å². The molecule has 0 saturated heterocycles. The Labute approximate surface area is 76.7 Å². The van der Waals surface area contributed by atoms with Crippen molar-refractivity contribution in [3.63, 3.8) is 0 Å². The van der Waals surface area contributed by atoms with Gasteiger partial charge in [0.15, 0.2) is 0 Å². The highest BCUT2D eigenvalue weighted by Crippen LogP contribution is 2.47. The lowest BCUT2D eigenvalue weighted by atomic mass is 10.2. The van der Waals surface area contributed by atoms with E-state index in [1.807, 2.05) is 18.2 Å². The van der Waals surface area contributed by atoms with Crippen LogP contribution in [0.3, 0.4) is 0 Å². The summed E-state index contributed by atoms with van der Waals surface area (Å²) < 4.78 is 4.66. The molecule has 1 heterocycles. The van der Waals surface area contributed by atoms with E-state index in [4.69, 9.17) is 0 Å². The number of methoxy groups -OCH3 is 1. The number of aromatic nitrogens is 1. The minimum absolute atomic E-state index is 0.0416. The zero-order valence-corrected chi connectivity index (χ0v) is 7.43. The molecule has 0 N–H and O–H groups in total. The van der Waals surface area contributed by atoms with Crippen molar-refractivity contribution in [3.05, 3.63) is 30.1 Å². The van der Waals surface area contributed by atoms with Gasteiger partial charge in [-0.1, -0.05) is 6.07 Å². The molecule has 1 aliphatic rings. The Hall–Kier alpha value is -1.38. The maximum atomic E-state index is 11.1. The molecule has 1 fully saturated rings. The summed E-state index contributed by atoms with van der Waals surface area (Å²) in [5.74, 6) is 0.212. The maximum absolute atomic E-state index is 11.1. The molecule has 0 radical (unpaired) electrons. The van der Waals surface area contributed by atoms with Gasteiger partial charge in [0.25, 0.3) is 0 Å². The first-order valence-corrected chi connectivity index (χ1v) is 4.31. The van der Waals surface area contributed by atoms with Gasteiger partial charge in [-0.3, -0.25) is 9.78 Å². The molecule has 1 saturated carbocycles. The summed E-state index contributed by atoms with van der Waals surface area (Å²) in [7, 11) is 1.43. The summed E-state index contributed by atoms with van der Waals surface area (Å²) in [5, 5.41) is 0. The Kier molecular flexibility index (Phi) is 2.00. The van der Waals surface area contributed by atoms with E-state index in [2.05, 4.69) is 9.72 Å². The average Bonchev–Trinajstić information content (AvgIpc) is 2.98. The van der Waals surface area contributed by atoms with Crippen molar-refractivity contribution >= 4 is 5.97 Å². The van der Waals surface area contributed by atoms with Crippen LogP contribution in [0.4, 0.5) is 0 Å². The molecule has 2 rings (SSSR count). The van der Waals surface area contributed by atoms with Gasteiger partial charge in [-0.05, 0) is 18.6 Å². The molecule has 0 aliphatic heterocycles. The van der Waals surface area contributed by atoms with Crippen molar-refractivity contribution in [2.24, 2.45) is 5.92 Å². The Morgan fingerprint density at radius 2 is 2.46 bits per heavy atom. The van der Waals surface area contributed by atoms with E-state index >= 15 is 0 Å². The molecule has 1 aromatic rings. The third kappa shape index (κ3) is 1.54. The number of pyridine rings is 1. The molecule has 1 aromatic heterocycles. The van der Waals surface area contributed by atoms with Gasteiger partial charge in [-0.25, -0.2) is 0 Å². The number of hydrogen-bond donors (Lipinski definition) is 0. The van der Waals surface area contributed by atoms with Crippen molar-refractivity contribution in [3.8, 4) is 0 Å². The molecular formula is C10H11NO2. The van der Waals surface area contributed by atoms with E-state index in [1.165, 1.54) is 7.11 Å². The molecule has 0 amide bonds. The third-order valence-electron chi connectivity index (χ3n) is 2.36. The lowest BCUT2D eigenvalue weighted by molar-refractivity contribution is -0.142. The fourth-order valence-electron chi connectivity index (χ4n) is 1.53. The molecule has 0 unspecified atom stereocenters. The van der Waals surface area contributed by atoms with E-state index in [1.54, 1.807) is 6.20 Å². The minimum Gasteiger partial charge on any atom is -0.469 e. The highest BCUT2D eigenvalue weighted by Gasteiger charge is 2.45. The van der Waals surface area contributed by atoms with Gasteiger partial charge in [-0.2, -0.15) is 0 Å². The summed E-state index contributed by atoms with van der Waals surface area (Å²) in [6.07, 6.45) is 2.63. The van der Waals surface area contributed by atoms with Crippen LogP contribution >= 0.6 is 0 Å². The summed E-state index contributed by atoms with van der Waals surface area (Å²) in [4.78, 5) is 15.3. The predicted octanol–water partition coefficient (Wildman–Crippen LogP) is 1.36. The Morgan fingerprint density at radius 3 is 3.08 bits per heavy atom. The highest BCUT2D eigenvalue weighted by atomic mass is 16.5. The van der Waals surface area contributed by atoms with Gasteiger partial charge in [0.2, 0.25) is 0 Å². The Balaban J connectivity index is 2.04. The van der Waals surface area contributed by atoms with Crippen molar-refractivity contribution < 1.29 is 9.53 Å². The first-order valence-electron chi connectivity index (χ1n) is 4.31. The molecule has 1 aliphatic carbocycles. The highest BCUT2D eigenvalue weighted by molar-refractivity contribution is 5.77. The van der Waals surface area contributed by atoms with Crippen molar-refractivity contribution in [1.82, 2.24) is 4.98 Å². The van der Waals surface area contributed by atoms with Crippen LogP contribution in [0.2, 0.25) is 0 Å². The van der Waals surface area contributed by atoms with E-state index < -0.39 is 0 Å². The monoisotopic (exact) mass is 177 g/mol. The summed E-state index contributed by atoms with van der Waals surface area (Å²) >= 11 is 0. The lowest BCUT2D eigenvalue weighted by Gasteiger charge is -1.97. The number of rotatable bonds is 2. The summed E-state index contributed by atoms with van der Waals surface area (Å²) in [6, 6.07) is 5.77.